The van der Waals surface area contributed by atoms with E-state index in [2.05, 4.69) is 15.5 Å². The van der Waals surface area contributed by atoms with Gasteiger partial charge in [0, 0.05) is 5.56 Å². The molecule has 3 rings (SSSR count). The zero-order chi connectivity index (χ0) is 21.6. The summed E-state index contributed by atoms with van der Waals surface area (Å²) >= 11 is 1.01. The van der Waals surface area contributed by atoms with Crippen LogP contribution in [0.3, 0.4) is 0 Å². The molecule has 0 fully saturated rings. The number of benzene rings is 2. The van der Waals surface area contributed by atoms with E-state index in [0.29, 0.717) is 30.3 Å². The summed E-state index contributed by atoms with van der Waals surface area (Å²) in [7, 11) is -3.54. The second kappa shape index (κ2) is 9.68. The molecule has 0 saturated heterocycles. The summed E-state index contributed by atoms with van der Waals surface area (Å²) in [5.74, 6) is 0.328. The molecule has 10 heteroatoms. The molecule has 30 heavy (non-hydrogen) atoms. The number of sulfone groups is 1. The number of amides is 1. The van der Waals surface area contributed by atoms with E-state index in [0.717, 1.165) is 11.3 Å². The van der Waals surface area contributed by atoms with Crippen molar-refractivity contribution in [1.82, 2.24) is 10.2 Å². The van der Waals surface area contributed by atoms with Gasteiger partial charge in [-0.15, -0.1) is 10.2 Å². The minimum absolute atomic E-state index is 0.212. The topological polar surface area (TPSA) is 107 Å². The van der Waals surface area contributed by atoms with Crippen LogP contribution in [0.2, 0.25) is 0 Å². The van der Waals surface area contributed by atoms with E-state index in [1.807, 2.05) is 13.8 Å². The fourth-order valence-electron chi connectivity index (χ4n) is 2.60. The number of ether oxygens (including phenoxy) is 2. The van der Waals surface area contributed by atoms with Gasteiger partial charge in [0.05, 0.1) is 18.1 Å². The minimum atomic E-state index is -3.54. The molecule has 0 saturated carbocycles. The molecule has 0 aliphatic carbocycles. The lowest BCUT2D eigenvalue weighted by Crippen LogP contribution is -2.12. The highest BCUT2D eigenvalue weighted by Crippen LogP contribution is 2.29. The third kappa shape index (κ3) is 5.33. The number of carbonyl (C=O) groups excluding carboxylic acids is 1. The number of rotatable bonds is 9. The number of anilines is 1. The molecule has 0 aliphatic rings. The van der Waals surface area contributed by atoms with E-state index in [9.17, 15) is 13.2 Å². The van der Waals surface area contributed by atoms with Crippen molar-refractivity contribution < 1.29 is 22.7 Å². The Bertz CT molecular complexity index is 1110. The maximum absolute atomic E-state index is 12.6. The molecule has 0 bridgehead atoms. The minimum Gasteiger partial charge on any atom is -0.490 e. The predicted octanol–water partition coefficient (Wildman–Crippen LogP) is 3.56. The molecule has 1 amide bonds. The highest BCUT2D eigenvalue weighted by Gasteiger charge is 2.19. The van der Waals surface area contributed by atoms with Gasteiger partial charge in [0.2, 0.25) is 5.13 Å². The van der Waals surface area contributed by atoms with E-state index >= 15 is 0 Å². The van der Waals surface area contributed by atoms with E-state index in [-0.39, 0.29) is 20.8 Å². The maximum atomic E-state index is 12.6. The van der Waals surface area contributed by atoms with Crippen molar-refractivity contribution in [3.8, 4) is 11.5 Å². The molecule has 0 unspecified atom stereocenters. The second-order valence-corrected chi connectivity index (χ2v) is 9.11. The van der Waals surface area contributed by atoms with Crippen molar-refractivity contribution in [3.63, 3.8) is 0 Å². The molecule has 8 nitrogen and oxygen atoms in total. The van der Waals surface area contributed by atoms with Crippen molar-refractivity contribution in [2.75, 3.05) is 18.5 Å². The summed E-state index contributed by atoms with van der Waals surface area (Å²) in [4.78, 5) is 12.8. The Morgan fingerprint density at radius 2 is 1.70 bits per heavy atom. The van der Waals surface area contributed by atoms with Crippen LogP contribution in [0.1, 0.15) is 29.2 Å². The summed E-state index contributed by atoms with van der Waals surface area (Å²) in [5, 5.41) is 10.9. The van der Waals surface area contributed by atoms with Gasteiger partial charge in [-0.1, -0.05) is 29.5 Å². The Morgan fingerprint density at radius 3 is 2.40 bits per heavy atom. The Balaban J connectivity index is 1.71. The maximum Gasteiger partial charge on any atom is 0.257 e. The molecule has 0 aliphatic heterocycles. The largest absolute Gasteiger partial charge is 0.490 e. The van der Waals surface area contributed by atoms with Gasteiger partial charge in [0.1, 0.15) is 10.8 Å². The highest BCUT2D eigenvalue weighted by atomic mass is 32.2. The van der Waals surface area contributed by atoms with Crippen molar-refractivity contribution >= 4 is 32.2 Å². The summed E-state index contributed by atoms with van der Waals surface area (Å²) in [6, 6.07) is 13.0. The van der Waals surface area contributed by atoms with Crippen LogP contribution in [-0.4, -0.2) is 37.7 Å². The number of nitrogens with one attached hydrogen (secondary N) is 1. The first kappa shape index (κ1) is 21.7. The lowest BCUT2D eigenvalue weighted by Gasteiger charge is -2.12. The number of nitrogens with zero attached hydrogens (tertiary/aromatic N) is 2. The highest BCUT2D eigenvalue weighted by molar-refractivity contribution is 7.90. The van der Waals surface area contributed by atoms with Gasteiger partial charge in [0.25, 0.3) is 5.91 Å². The molecular formula is C20H21N3O5S2. The van der Waals surface area contributed by atoms with Crippen LogP contribution < -0.4 is 14.8 Å². The number of carbonyl (C=O) groups is 1. The van der Waals surface area contributed by atoms with Crippen molar-refractivity contribution in [2.45, 2.75) is 24.5 Å². The van der Waals surface area contributed by atoms with Gasteiger partial charge in [-0.3, -0.25) is 10.1 Å². The van der Waals surface area contributed by atoms with Crippen LogP contribution in [-0.2, 0) is 15.6 Å². The van der Waals surface area contributed by atoms with Crippen LogP contribution in [0.15, 0.2) is 53.4 Å². The van der Waals surface area contributed by atoms with Gasteiger partial charge in [-0.05, 0) is 44.2 Å². The van der Waals surface area contributed by atoms with Gasteiger partial charge in [-0.25, -0.2) is 8.42 Å². The molecular weight excluding hydrogens is 426 g/mol. The van der Waals surface area contributed by atoms with Crippen molar-refractivity contribution in [2.24, 2.45) is 0 Å². The average molecular weight is 448 g/mol. The fraction of sp³-hybridized carbons (Fsp3) is 0.250. The summed E-state index contributed by atoms with van der Waals surface area (Å²) in [6.45, 7) is 4.61. The number of hydrogen-bond donors (Lipinski definition) is 1. The van der Waals surface area contributed by atoms with Crippen LogP contribution >= 0.6 is 11.3 Å². The quantitative estimate of drug-likeness (QED) is 0.534. The molecule has 1 aromatic heterocycles. The Labute approximate surface area is 178 Å². The lowest BCUT2D eigenvalue weighted by molar-refractivity contribution is 0.102. The van der Waals surface area contributed by atoms with Crippen molar-refractivity contribution in [1.29, 1.82) is 0 Å². The molecule has 158 valence electrons. The van der Waals surface area contributed by atoms with Gasteiger partial charge >= 0.3 is 0 Å². The molecule has 0 radical (unpaired) electrons. The van der Waals surface area contributed by atoms with Gasteiger partial charge in [-0.2, -0.15) is 0 Å². The van der Waals surface area contributed by atoms with Crippen LogP contribution in [0, 0.1) is 0 Å². The second-order valence-electron chi connectivity index (χ2n) is 6.05. The average Bonchev–Trinajstić information content (AvgIpc) is 3.16. The molecule has 0 atom stereocenters. The standard InChI is InChI=1S/C20H21N3O5S2/c1-3-27-16-11-10-14(12-17(16)28-4-2)19(24)21-20-23-22-18(29-20)13-30(25,26)15-8-6-5-7-9-15/h5-12H,3-4,13H2,1-2H3,(H,21,23,24). The Hall–Kier alpha value is -2.98. The van der Waals surface area contributed by atoms with E-state index in [1.54, 1.807) is 36.4 Å². The van der Waals surface area contributed by atoms with Crippen LogP contribution in [0.4, 0.5) is 5.13 Å². The SMILES string of the molecule is CCOc1ccc(C(=O)Nc2nnc(CS(=O)(=O)c3ccccc3)s2)cc1OCC. The normalized spacial score (nSPS) is 11.1. The smallest absolute Gasteiger partial charge is 0.257 e. The van der Waals surface area contributed by atoms with E-state index < -0.39 is 15.7 Å². The number of hydrogen-bond acceptors (Lipinski definition) is 8. The van der Waals surface area contributed by atoms with Gasteiger partial charge < -0.3 is 9.47 Å². The molecule has 3 aromatic rings. The monoisotopic (exact) mass is 447 g/mol. The summed E-state index contributed by atoms with van der Waals surface area (Å²) in [6.07, 6.45) is 0. The van der Waals surface area contributed by atoms with Crippen LogP contribution in [0.5, 0.6) is 11.5 Å². The molecule has 1 heterocycles. The Kier molecular flexibility index (Phi) is 7.01. The van der Waals surface area contributed by atoms with Gasteiger partial charge in [0.15, 0.2) is 21.3 Å². The third-order valence-electron chi connectivity index (χ3n) is 3.91. The Morgan fingerprint density at radius 1 is 1.00 bits per heavy atom. The number of aromatic nitrogens is 2. The van der Waals surface area contributed by atoms with Crippen molar-refractivity contribution in [3.05, 3.63) is 59.1 Å². The first-order valence-corrected chi connectivity index (χ1v) is 11.7. The molecule has 1 N–H and O–H groups in total. The lowest BCUT2D eigenvalue weighted by atomic mass is 10.2. The van der Waals surface area contributed by atoms with E-state index in [1.165, 1.54) is 12.1 Å². The zero-order valence-electron chi connectivity index (χ0n) is 16.5. The zero-order valence-corrected chi connectivity index (χ0v) is 18.1. The third-order valence-corrected chi connectivity index (χ3v) is 6.57. The predicted molar refractivity (Wildman–Crippen MR) is 114 cm³/mol. The van der Waals surface area contributed by atoms with Crippen LogP contribution in [0.25, 0.3) is 0 Å². The summed E-state index contributed by atoms with van der Waals surface area (Å²) in [5.41, 5.74) is 0.357. The molecule has 2 aromatic carbocycles. The fourth-order valence-corrected chi connectivity index (χ4v) is 4.95. The van der Waals surface area contributed by atoms with E-state index in [4.69, 9.17) is 9.47 Å². The first-order chi connectivity index (χ1) is 14.4. The first-order valence-electron chi connectivity index (χ1n) is 9.24. The molecule has 0 spiro atoms. The summed E-state index contributed by atoms with van der Waals surface area (Å²) < 4.78 is 36.0.